The highest BCUT2D eigenvalue weighted by Crippen LogP contribution is 2.23. The average molecular weight is 373 g/mol. The Bertz CT molecular complexity index is 787. The van der Waals surface area contributed by atoms with Gasteiger partial charge >= 0.3 is 0 Å². The fourth-order valence-electron chi connectivity index (χ4n) is 3.63. The summed E-state index contributed by atoms with van der Waals surface area (Å²) in [5.41, 5.74) is 2.21. The molecule has 1 aromatic carbocycles. The number of nitrogens with zero attached hydrogens (tertiary/aromatic N) is 2. The van der Waals surface area contributed by atoms with Gasteiger partial charge in [0.05, 0.1) is 5.52 Å². The highest BCUT2D eigenvalue weighted by atomic mass is 32.2. The number of fused-ring (bicyclic) bond motifs is 1. The Kier molecular flexibility index (Phi) is 6.61. The van der Waals surface area contributed by atoms with Crippen molar-refractivity contribution in [3.63, 3.8) is 0 Å². The van der Waals surface area contributed by atoms with Gasteiger partial charge in [-0.2, -0.15) is 0 Å². The molecule has 1 aliphatic carbocycles. The maximum Gasteiger partial charge on any atom is 0.191 e. The summed E-state index contributed by atoms with van der Waals surface area (Å²) in [4.78, 5) is 8.78. The van der Waals surface area contributed by atoms with Gasteiger partial charge in [-0.3, -0.25) is 14.2 Å². The fraction of sp³-hybridized carbons (Fsp3) is 0.500. The monoisotopic (exact) mass is 372 g/mol. The van der Waals surface area contributed by atoms with Crippen LogP contribution in [0, 0.1) is 0 Å². The number of nitrogens with one attached hydrogen (secondary N) is 2. The fourth-order valence-corrected chi connectivity index (χ4v) is 4.97. The number of guanidine groups is 1. The number of hydrogen-bond donors (Lipinski definition) is 2. The van der Waals surface area contributed by atoms with Crippen molar-refractivity contribution >= 4 is 27.7 Å². The second-order valence-corrected chi connectivity index (χ2v) is 8.72. The first-order valence-electron chi connectivity index (χ1n) is 9.38. The summed E-state index contributed by atoms with van der Waals surface area (Å²) in [6.07, 6.45) is 6.12. The van der Waals surface area contributed by atoms with E-state index in [-0.39, 0.29) is 0 Å². The summed E-state index contributed by atoms with van der Waals surface area (Å²) in [6.45, 7) is 2.70. The molecule has 1 aliphatic rings. The minimum atomic E-state index is -0.707. The molecule has 140 valence electrons. The summed E-state index contributed by atoms with van der Waals surface area (Å²) in [5.74, 6) is 1.55. The van der Waals surface area contributed by atoms with E-state index in [0.717, 1.165) is 48.3 Å². The smallest absolute Gasteiger partial charge is 0.191 e. The van der Waals surface area contributed by atoms with E-state index in [0.29, 0.717) is 17.8 Å². The predicted molar refractivity (Wildman–Crippen MR) is 110 cm³/mol. The van der Waals surface area contributed by atoms with Gasteiger partial charge < -0.3 is 10.6 Å². The lowest BCUT2D eigenvalue weighted by molar-refractivity contribution is 0.413. The van der Waals surface area contributed by atoms with Crippen LogP contribution < -0.4 is 10.6 Å². The lowest BCUT2D eigenvalue weighted by atomic mass is 9.95. The number of benzene rings is 1. The van der Waals surface area contributed by atoms with Crippen LogP contribution in [0.5, 0.6) is 0 Å². The molecule has 2 N–H and O–H groups in total. The van der Waals surface area contributed by atoms with Gasteiger partial charge in [-0.05, 0) is 37.0 Å². The Labute approximate surface area is 158 Å². The molecule has 1 saturated carbocycles. The van der Waals surface area contributed by atoms with E-state index in [2.05, 4.69) is 26.7 Å². The molecular formula is C20H28N4OS. The third kappa shape index (κ3) is 4.61. The maximum absolute atomic E-state index is 12.1. The summed E-state index contributed by atoms with van der Waals surface area (Å²) in [6, 6.07) is 10.6. The summed E-state index contributed by atoms with van der Waals surface area (Å²) >= 11 is 0. The first-order chi connectivity index (χ1) is 12.7. The predicted octanol–water partition coefficient (Wildman–Crippen LogP) is 2.98. The van der Waals surface area contributed by atoms with Crippen LogP contribution in [0.1, 0.15) is 38.2 Å². The molecule has 1 fully saturated rings. The van der Waals surface area contributed by atoms with Gasteiger partial charge in [0, 0.05) is 53.0 Å². The van der Waals surface area contributed by atoms with Gasteiger partial charge in [0.15, 0.2) is 5.96 Å². The van der Waals surface area contributed by atoms with Gasteiger partial charge in [0.25, 0.3) is 0 Å². The highest BCUT2D eigenvalue weighted by molar-refractivity contribution is 7.85. The Morgan fingerprint density at radius 3 is 2.96 bits per heavy atom. The molecule has 6 heteroatoms. The SMILES string of the molecule is CCS(=O)C1CCCC(NC(=NC)NCc2ccnc3ccccc23)C1. The Morgan fingerprint density at radius 1 is 1.31 bits per heavy atom. The first-order valence-corrected chi connectivity index (χ1v) is 10.8. The Balaban J connectivity index is 1.60. The highest BCUT2D eigenvalue weighted by Gasteiger charge is 2.26. The molecule has 0 radical (unpaired) electrons. The van der Waals surface area contributed by atoms with Crippen molar-refractivity contribution in [1.82, 2.24) is 15.6 Å². The number of hydrogen-bond acceptors (Lipinski definition) is 3. The normalized spacial score (nSPS) is 22.2. The molecule has 1 heterocycles. The summed E-state index contributed by atoms with van der Waals surface area (Å²) in [5, 5.41) is 8.41. The van der Waals surface area contributed by atoms with Crippen LogP contribution in [0.2, 0.25) is 0 Å². The van der Waals surface area contributed by atoms with E-state index >= 15 is 0 Å². The van der Waals surface area contributed by atoms with Crippen LogP contribution in [-0.4, -0.2) is 39.2 Å². The molecule has 2 aromatic rings. The van der Waals surface area contributed by atoms with Crippen molar-refractivity contribution in [2.45, 2.75) is 50.4 Å². The molecule has 1 aromatic heterocycles. The van der Waals surface area contributed by atoms with Crippen molar-refractivity contribution in [2.24, 2.45) is 4.99 Å². The molecule has 0 saturated heterocycles. The first kappa shape index (κ1) is 18.8. The van der Waals surface area contributed by atoms with Crippen LogP contribution in [0.15, 0.2) is 41.5 Å². The third-order valence-corrected chi connectivity index (χ3v) is 6.77. The van der Waals surface area contributed by atoms with E-state index in [9.17, 15) is 4.21 Å². The lowest BCUT2D eigenvalue weighted by Crippen LogP contribution is -2.46. The summed E-state index contributed by atoms with van der Waals surface area (Å²) < 4.78 is 12.1. The van der Waals surface area contributed by atoms with Gasteiger partial charge in [0.1, 0.15) is 0 Å². The Hall–Kier alpha value is -1.95. The van der Waals surface area contributed by atoms with E-state index < -0.39 is 10.8 Å². The number of pyridine rings is 1. The van der Waals surface area contributed by atoms with Crippen LogP contribution in [-0.2, 0) is 17.3 Å². The molecule has 0 aliphatic heterocycles. The van der Waals surface area contributed by atoms with Gasteiger partial charge in [-0.15, -0.1) is 0 Å². The van der Waals surface area contributed by atoms with E-state index in [1.165, 1.54) is 5.56 Å². The molecule has 3 unspecified atom stereocenters. The number of aromatic nitrogens is 1. The lowest BCUT2D eigenvalue weighted by Gasteiger charge is -2.30. The van der Waals surface area contributed by atoms with Crippen molar-refractivity contribution in [2.75, 3.05) is 12.8 Å². The number of para-hydroxylation sites is 1. The topological polar surface area (TPSA) is 66.4 Å². The number of rotatable bonds is 5. The number of aliphatic imine (C=N–C) groups is 1. The van der Waals surface area contributed by atoms with Gasteiger partial charge in [0.2, 0.25) is 0 Å². The Morgan fingerprint density at radius 2 is 2.15 bits per heavy atom. The largest absolute Gasteiger partial charge is 0.354 e. The molecule has 0 spiro atoms. The van der Waals surface area contributed by atoms with E-state index in [1.54, 1.807) is 7.05 Å². The zero-order valence-corrected chi connectivity index (χ0v) is 16.4. The minimum Gasteiger partial charge on any atom is -0.354 e. The zero-order valence-electron chi connectivity index (χ0n) is 15.6. The van der Waals surface area contributed by atoms with Crippen LogP contribution in [0.4, 0.5) is 0 Å². The third-order valence-electron chi connectivity index (χ3n) is 5.03. The van der Waals surface area contributed by atoms with Crippen LogP contribution >= 0.6 is 0 Å². The molecule has 26 heavy (non-hydrogen) atoms. The van der Waals surface area contributed by atoms with E-state index in [4.69, 9.17) is 0 Å². The second kappa shape index (κ2) is 9.12. The molecular weight excluding hydrogens is 344 g/mol. The van der Waals surface area contributed by atoms with Gasteiger partial charge in [-0.25, -0.2) is 0 Å². The van der Waals surface area contributed by atoms with Crippen LogP contribution in [0.3, 0.4) is 0 Å². The zero-order chi connectivity index (χ0) is 18.4. The summed E-state index contributed by atoms with van der Waals surface area (Å²) in [7, 11) is 1.09. The van der Waals surface area contributed by atoms with Crippen molar-refractivity contribution < 1.29 is 4.21 Å². The maximum atomic E-state index is 12.1. The molecule has 3 atom stereocenters. The molecule has 3 rings (SSSR count). The molecule has 0 amide bonds. The standard InChI is InChI=1S/C20H28N4OS/c1-3-26(25)17-8-6-7-16(13-17)24-20(21-2)23-14-15-11-12-22-19-10-5-4-9-18(15)19/h4-5,9-12,16-17H,3,6-8,13-14H2,1-2H3,(H2,21,23,24). The second-order valence-electron chi connectivity index (χ2n) is 6.71. The molecule has 0 bridgehead atoms. The minimum absolute atomic E-state index is 0.313. The van der Waals surface area contributed by atoms with E-state index in [1.807, 2.05) is 37.4 Å². The average Bonchev–Trinajstić information content (AvgIpc) is 2.70. The van der Waals surface area contributed by atoms with Crippen LogP contribution in [0.25, 0.3) is 10.9 Å². The van der Waals surface area contributed by atoms with Crippen molar-refractivity contribution in [3.8, 4) is 0 Å². The molecule has 5 nitrogen and oxygen atoms in total. The van der Waals surface area contributed by atoms with Crippen molar-refractivity contribution in [1.29, 1.82) is 0 Å². The van der Waals surface area contributed by atoms with Gasteiger partial charge in [-0.1, -0.05) is 31.5 Å². The quantitative estimate of drug-likeness (QED) is 0.625. The van der Waals surface area contributed by atoms with Crippen molar-refractivity contribution in [3.05, 3.63) is 42.1 Å².